The molecule has 0 aliphatic carbocycles. The number of hydrogen-bond acceptors (Lipinski definition) is 2. The molecule has 1 N–H and O–H groups in total. The first-order chi connectivity index (χ1) is 7.11. The minimum absolute atomic E-state index is 0.0474. The average Bonchev–Trinajstić information content (AvgIpc) is 2.13. The second-order valence-corrected chi connectivity index (χ2v) is 3.70. The van der Waals surface area contributed by atoms with E-state index < -0.39 is 0 Å². The lowest BCUT2D eigenvalue weighted by Crippen LogP contribution is -2.28. The van der Waals surface area contributed by atoms with Crippen LogP contribution in [0, 0.1) is 12.7 Å². The Morgan fingerprint density at radius 2 is 2.13 bits per heavy atom. The zero-order valence-corrected chi connectivity index (χ0v) is 9.51. The van der Waals surface area contributed by atoms with E-state index in [2.05, 4.69) is 5.32 Å². The molecule has 0 aliphatic rings. The molecule has 0 aliphatic heterocycles. The minimum Gasteiger partial charge on any atom is -0.489 e. The summed E-state index contributed by atoms with van der Waals surface area (Å²) in [7, 11) is 0. The molecular weight excluding hydrogens is 193 g/mol. The largest absolute Gasteiger partial charge is 0.489 e. The summed E-state index contributed by atoms with van der Waals surface area (Å²) in [4.78, 5) is 0. The number of benzene rings is 1. The second kappa shape index (κ2) is 5.71. The average molecular weight is 211 g/mol. The number of aryl methyl sites for hydroxylation is 1. The van der Waals surface area contributed by atoms with Gasteiger partial charge in [0.1, 0.15) is 17.7 Å². The molecule has 0 saturated carbocycles. The van der Waals surface area contributed by atoms with Crippen LogP contribution in [0.3, 0.4) is 0 Å². The maximum absolute atomic E-state index is 13.0. The number of likely N-dealkylation sites (N-methyl/N-ethyl adjacent to an activating group) is 1. The van der Waals surface area contributed by atoms with Gasteiger partial charge in [0, 0.05) is 12.6 Å². The van der Waals surface area contributed by atoms with Gasteiger partial charge in [0.25, 0.3) is 0 Å². The van der Waals surface area contributed by atoms with Crippen molar-refractivity contribution in [3.8, 4) is 5.75 Å². The van der Waals surface area contributed by atoms with E-state index in [0.29, 0.717) is 5.75 Å². The second-order valence-electron chi connectivity index (χ2n) is 3.70. The number of hydrogen-bond donors (Lipinski definition) is 1. The Morgan fingerprint density at radius 1 is 1.40 bits per heavy atom. The first-order valence-electron chi connectivity index (χ1n) is 5.26. The predicted molar refractivity (Wildman–Crippen MR) is 59.8 cm³/mol. The van der Waals surface area contributed by atoms with Gasteiger partial charge in [-0.2, -0.15) is 0 Å². The summed E-state index contributed by atoms with van der Waals surface area (Å²) in [5.41, 5.74) is 0.876. The van der Waals surface area contributed by atoms with Crippen LogP contribution < -0.4 is 10.1 Å². The van der Waals surface area contributed by atoms with Gasteiger partial charge >= 0.3 is 0 Å². The quantitative estimate of drug-likeness (QED) is 0.808. The lowest BCUT2D eigenvalue weighted by molar-refractivity contribution is 0.217. The van der Waals surface area contributed by atoms with E-state index in [4.69, 9.17) is 4.74 Å². The Hall–Kier alpha value is -1.09. The molecule has 3 heteroatoms. The van der Waals surface area contributed by atoms with Crippen LogP contribution in [0.1, 0.15) is 19.4 Å². The number of halogens is 1. The van der Waals surface area contributed by atoms with Gasteiger partial charge in [-0.25, -0.2) is 4.39 Å². The fourth-order valence-corrected chi connectivity index (χ4v) is 1.39. The lowest BCUT2D eigenvalue weighted by Gasteiger charge is -2.15. The highest BCUT2D eigenvalue weighted by atomic mass is 19.1. The van der Waals surface area contributed by atoms with Crippen molar-refractivity contribution in [3.63, 3.8) is 0 Å². The van der Waals surface area contributed by atoms with Gasteiger partial charge < -0.3 is 10.1 Å². The first kappa shape index (κ1) is 12.0. The summed E-state index contributed by atoms with van der Waals surface area (Å²) >= 11 is 0. The van der Waals surface area contributed by atoms with Crippen molar-refractivity contribution in [2.75, 3.05) is 13.1 Å². The summed E-state index contributed by atoms with van der Waals surface area (Å²) in [6, 6.07) is 4.74. The molecule has 0 radical (unpaired) electrons. The molecule has 0 spiro atoms. The fourth-order valence-electron chi connectivity index (χ4n) is 1.39. The molecule has 1 rings (SSSR count). The predicted octanol–water partition coefficient (Wildman–Crippen LogP) is 2.51. The van der Waals surface area contributed by atoms with Crippen LogP contribution in [0.5, 0.6) is 5.75 Å². The standard InChI is InChI=1S/C12H18FNO/c1-4-14-8-10(3)15-12-6-9(2)5-11(13)7-12/h5-7,10,14H,4,8H2,1-3H3/t10-/m0/s1. The van der Waals surface area contributed by atoms with Gasteiger partial charge in [0.15, 0.2) is 0 Å². The summed E-state index contributed by atoms with van der Waals surface area (Å²) in [5, 5.41) is 3.18. The minimum atomic E-state index is -0.249. The number of nitrogens with one attached hydrogen (secondary N) is 1. The third-order valence-electron chi connectivity index (χ3n) is 2.03. The number of ether oxygens (including phenoxy) is 1. The SMILES string of the molecule is CCNC[C@H](C)Oc1cc(C)cc(F)c1. The highest BCUT2D eigenvalue weighted by Crippen LogP contribution is 2.16. The Balaban J connectivity index is 2.56. The van der Waals surface area contributed by atoms with Gasteiger partial charge in [-0.1, -0.05) is 6.92 Å². The third-order valence-corrected chi connectivity index (χ3v) is 2.03. The molecule has 1 aromatic rings. The van der Waals surface area contributed by atoms with Gasteiger partial charge in [-0.15, -0.1) is 0 Å². The van der Waals surface area contributed by atoms with Crippen molar-refractivity contribution in [1.82, 2.24) is 5.32 Å². The van der Waals surface area contributed by atoms with E-state index >= 15 is 0 Å². The summed E-state index contributed by atoms with van der Waals surface area (Å²) < 4.78 is 18.6. The van der Waals surface area contributed by atoms with Crippen LogP contribution in [0.2, 0.25) is 0 Å². The van der Waals surface area contributed by atoms with Crippen molar-refractivity contribution in [2.24, 2.45) is 0 Å². The maximum Gasteiger partial charge on any atom is 0.127 e. The van der Waals surface area contributed by atoms with E-state index in [1.807, 2.05) is 26.8 Å². The van der Waals surface area contributed by atoms with Gasteiger partial charge in [0.2, 0.25) is 0 Å². The molecule has 0 unspecified atom stereocenters. The monoisotopic (exact) mass is 211 g/mol. The van der Waals surface area contributed by atoms with E-state index in [0.717, 1.165) is 18.7 Å². The summed E-state index contributed by atoms with van der Waals surface area (Å²) in [6.07, 6.45) is 0.0474. The van der Waals surface area contributed by atoms with Crippen molar-refractivity contribution >= 4 is 0 Å². The molecule has 1 aromatic carbocycles. The van der Waals surface area contributed by atoms with Crippen LogP contribution in [0.15, 0.2) is 18.2 Å². The first-order valence-corrected chi connectivity index (χ1v) is 5.26. The van der Waals surface area contributed by atoms with Crippen LogP contribution in [-0.2, 0) is 0 Å². The van der Waals surface area contributed by atoms with E-state index in [1.54, 1.807) is 0 Å². The fraction of sp³-hybridized carbons (Fsp3) is 0.500. The van der Waals surface area contributed by atoms with Crippen molar-refractivity contribution in [1.29, 1.82) is 0 Å². The molecule has 0 heterocycles. The maximum atomic E-state index is 13.0. The molecule has 1 atom stereocenters. The van der Waals surface area contributed by atoms with Crippen LogP contribution in [-0.4, -0.2) is 19.2 Å². The normalized spacial score (nSPS) is 12.5. The van der Waals surface area contributed by atoms with Gasteiger partial charge in [0.05, 0.1) is 0 Å². The van der Waals surface area contributed by atoms with Crippen LogP contribution >= 0.6 is 0 Å². The Morgan fingerprint density at radius 3 is 2.73 bits per heavy atom. The van der Waals surface area contributed by atoms with Crippen LogP contribution in [0.4, 0.5) is 4.39 Å². The Labute approximate surface area is 90.4 Å². The zero-order chi connectivity index (χ0) is 11.3. The Kier molecular flexibility index (Phi) is 4.56. The molecule has 0 amide bonds. The van der Waals surface area contributed by atoms with Gasteiger partial charge in [-0.05, 0) is 38.1 Å². The van der Waals surface area contributed by atoms with Crippen LogP contribution in [0.25, 0.3) is 0 Å². The molecule has 2 nitrogen and oxygen atoms in total. The van der Waals surface area contributed by atoms with E-state index in [1.165, 1.54) is 12.1 Å². The smallest absolute Gasteiger partial charge is 0.127 e. The van der Waals surface area contributed by atoms with E-state index in [-0.39, 0.29) is 11.9 Å². The lowest BCUT2D eigenvalue weighted by atomic mass is 10.2. The molecule has 0 fully saturated rings. The molecule has 0 saturated heterocycles. The molecule has 15 heavy (non-hydrogen) atoms. The highest BCUT2D eigenvalue weighted by Gasteiger charge is 2.04. The summed E-state index contributed by atoms with van der Waals surface area (Å²) in [5.74, 6) is 0.346. The molecule has 0 aromatic heterocycles. The van der Waals surface area contributed by atoms with Crippen molar-refractivity contribution in [3.05, 3.63) is 29.6 Å². The zero-order valence-electron chi connectivity index (χ0n) is 9.51. The third kappa shape index (κ3) is 4.30. The highest BCUT2D eigenvalue weighted by molar-refractivity contribution is 5.28. The topological polar surface area (TPSA) is 21.3 Å². The van der Waals surface area contributed by atoms with Crippen molar-refractivity contribution < 1.29 is 9.13 Å². The Bertz CT molecular complexity index is 294. The van der Waals surface area contributed by atoms with Gasteiger partial charge in [-0.3, -0.25) is 0 Å². The number of rotatable bonds is 5. The molecule has 84 valence electrons. The molecular formula is C12H18FNO. The molecule has 0 bridgehead atoms. The van der Waals surface area contributed by atoms with Crippen molar-refractivity contribution in [2.45, 2.75) is 26.9 Å². The van der Waals surface area contributed by atoms with E-state index in [9.17, 15) is 4.39 Å². The summed E-state index contributed by atoms with van der Waals surface area (Å²) in [6.45, 7) is 7.54.